The van der Waals surface area contributed by atoms with Crippen LogP contribution in [0.2, 0.25) is 0 Å². The number of amides is 2. The van der Waals surface area contributed by atoms with Crippen molar-refractivity contribution in [2.24, 2.45) is 5.92 Å². The molecule has 2 aliphatic heterocycles. The maximum absolute atomic E-state index is 13.4. The number of halogens is 1. The van der Waals surface area contributed by atoms with E-state index in [9.17, 15) is 14.0 Å². The monoisotopic (exact) mass is 461 g/mol. The molecule has 0 radical (unpaired) electrons. The summed E-state index contributed by atoms with van der Waals surface area (Å²) in [4.78, 5) is 28.8. The van der Waals surface area contributed by atoms with E-state index in [-0.39, 0.29) is 23.8 Å². The van der Waals surface area contributed by atoms with Gasteiger partial charge in [0.25, 0.3) is 5.91 Å². The van der Waals surface area contributed by atoms with Crippen LogP contribution in [-0.4, -0.2) is 59.2 Å². The van der Waals surface area contributed by atoms with Crippen LogP contribution >= 0.6 is 0 Å². The van der Waals surface area contributed by atoms with Gasteiger partial charge in [0.05, 0.1) is 12.5 Å². The number of rotatable bonds is 6. The van der Waals surface area contributed by atoms with Crippen LogP contribution in [0, 0.1) is 11.7 Å². The summed E-state index contributed by atoms with van der Waals surface area (Å²) >= 11 is 0. The lowest BCUT2D eigenvalue weighted by atomic mass is 9.99. The molecule has 3 heterocycles. The molecule has 174 valence electrons. The molecule has 9 heteroatoms. The van der Waals surface area contributed by atoms with Crippen LogP contribution in [0.4, 0.5) is 15.9 Å². The smallest absolute Gasteiger partial charge is 0.254 e. The Kier molecular flexibility index (Phi) is 6.07. The summed E-state index contributed by atoms with van der Waals surface area (Å²) in [6.07, 6.45) is 2.18. The average Bonchev–Trinajstić information content (AvgIpc) is 3.28. The number of carbonyl (C=O) groups excluding carboxylic acids is 2. The van der Waals surface area contributed by atoms with Crippen LogP contribution in [0.15, 0.2) is 66.9 Å². The molecule has 3 aromatic rings. The molecule has 1 N–H and O–H groups in total. The zero-order valence-corrected chi connectivity index (χ0v) is 18.4. The lowest BCUT2D eigenvalue weighted by molar-refractivity contribution is -0.120. The van der Waals surface area contributed by atoms with Gasteiger partial charge in [0, 0.05) is 43.5 Å². The predicted molar refractivity (Wildman–Crippen MR) is 124 cm³/mol. The van der Waals surface area contributed by atoms with Crippen LogP contribution in [0.3, 0.4) is 0 Å². The summed E-state index contributed by atoms with van der Waals surface area (Å²) in [7, 11) is 0. The lowest BCUT2D eigenvalue weighted by Crippen LogP contribution is -2.52. The second kappa shape index (κ2) is 9.46. The molecule has 1 aromatic heterocycles. The second-order valence-electron chi connectivity index (χ2n) is 8.49. The Hall–Kier alpha value is -4.01. The maximum Gasteiger partial charge on any atom is 0.254 e. The third kappa shape index (κ3) is 4.83. The van der Waals surface area contributed by atoms with Crippen molar-refractivity contribution in [2.45, 2.75) is 12.5 Å². The van der Waals surface area contributed by atoms with Crippen molar-refractivity contribution in [3.05, 3.63) is 78.2 Å². The highest BCUT2D eigenvalue weighted by Gasteiger charge is 2.33. The zero-order chi connectivity index (χ0) is 23.5. The number of nitrogens with one attached hydrogen (secondary N) is 1. The molecule has 0 aliphatic carbocycles. The molecule has 2 fully saturated rings. The highest BCUT2D eigenvalue weighted by molar-refractivity contribution is 5.95. The fraction of sp³-hybridized carbons (Fsp3) is 0.280. The summed E-state index contributed by atoms with van der Waals surface area (Å²) < 4.78 is 19.4. The highest BCUT2D eigenvalue weighted by atomic mass is 19.1. The third-order valence-electron chi connectivity index (χ3n) is 6.06. The first-order valence-corrected chi connectivity index (χ1v) is 11.2. The van der Waals surface area contributed by atoms with Crippen molar-refractivity contribution in [1.82, 2.24) is 15.1 Å². The number of hydrogen-bond acceptors (Lipinski definition) is 6. The van der Waals surface area contributed by atoms with E-state index in [0.29, 0.717) is 49.6 Å². The third-order valence-corrected chi connectivity index (χ3v) is 6.06. The van der Waals surface area contributed by atoms with Crippen molar-refractivity contribution in [3.8, 4) is 5.75 Å². The minimum absolute atomic E-state index is 0.0314. The molecule has 2 amide bonds. The van der Waals surface area contributed by atoms with E-state index in [0.717, 1.165) is 5.82 Å². The molecule has 0 spiro atoms. The highest BCUT2D eigenvalue weighted by Crippen LogP contribution is 2.25. The van der Waals surface area contributed by atoms with E-state index in [1.165, 1.54) is 18.2 Å². The Balaban J connectivity index is 1.09. The van der Waals surface area contributed by atoms with E-state index in [4.69, 9.17) is 4.74 Å². The first-order chi connectivity index (χ1) is 16.5. The van der Waals surface area contributed by atoms with Gasteiger partial charge in [-0.3, -0.25) is 9.59 Å². The number of nitrogens with zero attached hydrogens (tertiary/aromatic N) is 4. The number of carbonyl (C=O) groups is 2. The Morgan fingerprint density at radius 1 is 1.03 bits per heavy atom. The van der Waals surface area contributed by atoms with Gasteiger partial charge in [-0.25, -0.2) is 4.39 Å². The fourth-order valence-corrected chi connectivity index (χ4v) is 4.16. The van der Waals surface area contributed by atoms with Crippen LogP contribution in [-0.2, 0) is 4.79 Å². The summed E-state index contributed by atoms with van der Waals surface area (Å²) in [5, 5.41) is 10.9. The van der Waals surface area contributed by atoms with E-state index in [1.54, 1.807) is 41.4 Å². The number of benzene rings is 2. The number of aromatic nitrogens is 2. The molecule has 0 bridgehead atoms. The second-order valence-corrected chi connectivity index (χ2v) is 8.49. The van der Waals surface area contributed by atoms with Gasteiger partial charge in [0.2, 0.25) is 5.91 Å². The SMILES string of the molecule is O=C(Nc1ccc(O[C@@H]2CCN(C(=O)c3cccc(F)c3)C2)cc1)C1CN(c2cccnn2)C1. The lowest BCUT2D eigenvalue weighted by Gasteiger charge is -2.38. The van der Waals surface area contributed by atoms with E-state index in [2.05, 4.69) is 15.5 Å². The number of anilines is 2. The number of ether oxygens (including phenoxy) is 1. The van der Waals surface area contributed by atoms with Crippen LogP contribution < -0.4 is 15.0 Å². The topological polar surface area (TPSA) is 87.7 Å². The minimum atomic E-state index is -0.426. The van der Waals surface area contributed by atoms with Gasteiger partial charge < -0.3 is 19.9 Å². The van der Waals surface area contributed by atoms with Crippen molar-refractivity contribution in [3.63, 3.8) is 0 Å². The first kappa shape index (κ1) is 21.8. The molecule has 2 saturated heterocycles. The van der Waals surface area contributed by atoms with Crippen LogP contribution in [0.25, 0.3) is 0 Å². The van der Waals surface area contributed by atoms with E-state index >= 15 is 0 Å². The normalized spacial score (nSPS) is 17.9. The summed E-state index contributed by atoms with van der Waals surface area (Å²) in [6.45, 7) is 2.22. The van der Waals surface area contributed by atoms with Crippen molar-refractivity contribution < 1.29 is 18.7 Å². The maximum atomic E-state index is 13.4. The quantitative estimate of drug-likeness (QED) is 0.607. The molecule has 2 aliphatic rings. The summed E-state index contributed by atoms with van der Waals surface area (Å²) in [5.41, 5.74) is 1.04. The molecule has 2 aromatic carbocycles. The van der Waals surface area contributed by atoms with Gasteiger partial charge in [0.15, 0.2) is 5.82 Å². The Morgan fingerprint density at radius 3 is 2.59 bits per heavy atom. The molecule has 0 saturated carbocycles. The number of hydrogen-bond donors (Lipinski definition) is 1. The molecule has 8 nitrogen and oxygen atoms in total. The average molecular weight is 461 g/mol. The van der Waals surface area contributed by atoms with Gasteiger partial charge in [-0.1, -0.05) is 6.07 Å². The zero-order valence-electron chi connectivity index (χ0n) is 18.4. The van der Waals surface area contributed by atoms with Gasteiger partial charge >= 0.3 is 0 Å². The molecular weight excluding hydrogens is 437 g/mol. The molecular formula is C25H24FN5O3. The predicted octanol–water partition coefficient (Wildman–Crippen LogP) is 2.98. The first-order valence-electron chi connectivity index (χ1n) is 11.2. The molecule has 34 heavy (non-hydrogen) atoms. The van der Waals surface area contributed by atoms with Gasteiger partial charge in [-0.15, -0.1) is 5.10 Å². The molecule has 5 rings (SSSR count). The molecule has 1 atom stereocenters. The van der Waals surface area contributed by atoms with Gasteiger partial charge in [0.1, 0.15) is 17.7 Å². The van der Waals surface area contributed by atoms with Gasteiger partial charge in [-0.2, -0.15) is 5.10 Å². The van der Waals surface area contributed by atoms with E-state index in [1.807, 2.05) is 17.0 Å². The molecule has 0 unspecified atom stereocenters. The van der Waals surface area contributed by atoms with Crippen molar-refractivity contribution >= 4 is 23.3 Å². The van der Waals surface area contributed by atoms with E-state index < -0.39 is 5.82 Å². The van der Waals surface area contributed by atoms with Crippen molar-refractivity contribution in [2.75, 3.05) is 36.4 Å². The summed E-state index contributed by atoms with van der Waals surface area (Å²) in [5.74, 6) is 0.688. The van der Waals surface area contributed by atoms with Gasteiger partial charge in [-0.05, 0) is 54.6 Å². The minimum Gasteiger partial charge on any atom is -0.489 e. The van der Waals surface area contributed by atoms with Crippen LogP contribution in [0.1, 0.15) is 16.8 Å². The largest absolute Gasteiger partial charge is 0.489 e. The number of likely N-dealkylation sites (tertiary alicyclic amines) is 1. The Labute approximate surface area is 196 Å². The fourth-order valence-electron chi connectivity index (χ4n) is 4.16. The Bertz CT molecular complexity index is 1170. The van der Waals surface area contributed by atoms with Crippen LogP contribution in [0.5, 0.6) is 5.75 Å². The standard InChI is InChI=1S/C25H24FN5O3/c26-19-4-1-3-17(13-19)25(33)30-12-10-22(16-30)34-21-8-6-20(7-9-21)28-24(32)18-14-31(15-18)23-5-2-11-27-29-23/h1-9,11,13,18,22H,10,12,14-16H2,(H,28,32)/t22-/m1/s1. The summed E-state index contributed by atoms with van der Waals surface area (Å²) in [6, 6.07) is 16.6. The Morgan fingerprint density at radius 2 is 1.85 bits per heavy atom. The van der Waals surface area contributed by atoms with Crippen molar-refractivity contribution in [1.29, 1.82) is 0 Å².